The van der Waals surface area contributed by atoms with Crippen molar-refractivity contribution in [2.45, 2.75) is 52.6 Å². The highest BCUT2D eigenvalue weighted by atomic mass is 35.5. The molecule has 19 heavy (non-hydrogen) atoms. The van der Waals surface area contributed by atoms with Crippen molar-refractivity contribution < 1.29 is 0 Å². The molecule has 0 saturated heterocycles. The first-order chi connectivity index (χ1) is 9.12. The zero-order valence-corrected chi connectivity index (χ0v) is 13.3. The summed E-state index contributed by atoms with van der Waals surface area (Å²) in [6.07, 6.45) is 5.09. The predicted octanol–water partition coefficient (Wildman–Crippen LogP) is 3.75. The summed E-state index contributed by atoms with van der Waals surface area (Å²) in [6, 6.07) is 0. The Hall–Kier alpha value is -0.250. The van der Waals surface area contributed by atoms with Gasteiger partial charge in [-0.1, -0.05) is 24.4 Å². The maximum absolute atomic E-state index is 6.31. The molecule has 1 aromatic heterocycles. The highest BCUT2D eigenvalue weighted by Gasteiger charge is 2.32. The maximum atomic E-state index is 6.31. The molecule has 5 heteroatoms. The molecule has 0 aliphatic heterocycles. The molecule has 0 unspecified atom stereocenters. The van der Waals surface area contributed by atoms with Gasteiger partial charge in [0.05, 0.1) is 16.4 Å². The van der Waals surface area contributed by atoms with E-state index in [0.29, 0.717) is 5.41 Å². The quantitative estimate of drug-likeness (QED) is 0.811. The second-order valence-electron chi connectivity index (χ2n) is 5.61. The van der Waals surface area contributed by atoms with Crippen LogP contribution in [0.2, 0.25) is 5.02 Å². The van der Waals surface area contributed by atoms with Gasteiger partial charge in [0.15, 0.2) is 0 Å². The highest BCUT2D eigenvalue weighted by Crippen LogP contribution is 2.38. The van der Waals surface area contributed by atoms with Crippen LogP contribution in [0.3, 0.4) is 0 Å². The van der Waals surface area contributed by atoms with Crippen LogP contribution in [-0.4, -0.2) is 22.2 Å². The highest BCUT2D eigenvalue weighted by molar-refractivity contribution is 6.31. The lowest BCUT2D eigenvalue weighted by atomic mass is 9.88. The Labute approximate surface area is 125 Å². The second kappa shape index (κ2) is 6.47. The van der Waals surface area contributed by atoms with Gasteiger partial charge in [-0.05, 0) is 32.1 Å². The van der Waals surface area contributed by atoms with E-state index in [2.05, 4.69) is 17.3 Å². The Kier molecular flexibility index (Phi) is 5.15. The molecular formula is C14H23Cl2N3. The Bertz CT molecular complexity index is 423. The van der Waals surface area contributed by atoms with E-state index in [-0.39, 0.29) is 0 Å². The third-order valence-corrected chi connectivity index (χ3v) is 5.25. The first-order valence-corrected chi connectivity index (χ1v) is 8.01. The van der Waals surface area contributed by atoms with Gasteiger partial charge >= 0.3 is 0 Å². The van der Waals surface area contributed by atoms with Gasteiger partial charge < -0.3 is 5.32 Å². The summed E-state index contributed by atoms with van der Waals surface area (Å²) in [7, 11) is 0. The molecule has 1 N–H and O–H groups in total. The molecule has 3 nitrogen and oxygen atoms in total. The topological polar surface area (TPSA) is 29.9 Å². The van der Waals surface area contributed by atoms with Crippen LogP contribution >= 0.6 is 23.2 Å². The second-order valence-corrected chi connectivity index (χ2v) is 6.25. The van der Waals surface area contributed by atoms with Crippen LogP contribution in [0, 0.1) is 12.3 Å². The van der Waals surface area contributed by atoms with Crippen molar-refractivity contribution >= 4 is 23.2 Å². The number of hydrogen-bond donors (Lipinski definition) is 1. The van der Waals surface area contributed by atoms with Gasteiger partial charge in [-0.15, -0.1) is 11.6 Å². The lowest BCUT2D eigenvalue weighted by molar-refractivity contribution is 0.318. The molecule has 2 rings (SSSR count). The molecule has 0 radical (unpaired) electrons. The van der Waals surface area contributed by atoms with E-state index in [1.54, 1.807) is 0 Å². The number of halogens is 2. The van der Waals surface area contributed by atoms with E-state index in [1.165, 1.54) is 25.7 Å². The molecule has 1 saturated carbocycles. The molecule has 0 atom stereocenters. The maximum Gasteiger partial charge on any atom is 0.0860 e. The van der Waals surface area contributed by atoms with Crippen LogP contribution in [-0.2, 0) is 13.1 Å². The van der Waals surface area contributed by atoms with Crippen LogP contribution in [0.15, 0.2) is 0 Å². The number of nitrogens with zero attached hydrogens (tertiary/aromatic N) is 2. The molecular weight excluding hydrogens is 281 g/mol. The van der Waals surface area contributed by atoms with E-state index in [4.69, 9.17) is 23.2 Å². The fourth-order valence-corrected chi connectivity index (χ4v) is 3.53. The average molecular weight is 304 g/mol. The van der Waals surface area contributed by atoms with Gasteiger partial charge in [0.25, 0.3) is 0 Å². The molecule has 1 aromatic rings. The molecule has 0 spiro atoms. The lowest BCUT2D eigenvalue weighted by Crippen LogP contribution is -2.33. The Balaban J connectivity index is 1.95. The smallest absolute Gasteiger partial charge is 0.0860 e. The molecule has 0 amide bonds. The van der Waals surface area contributed by atoms with Gasteiger partial charge in [-0.25, -0.2) is 0 Å². The van der Waals surface area contributed by atoms with E-state index in [0.717, 1.165) is 41.9 Å². The average Bonchev–Trinajstić information content (AvgIpc) is 2.99. The van der Waals surface area contributed by atoms with E-state index in [1.807, 2.05) is 11.6 Å². The minimum atomic E-state index is 0.292. The van der Waals surface area contributed by atoms with Crippen molar-refractivity contribution in [1.29, 1.82) is 0 Å². The molecule has 1 aliphatic carbocycles. The largest absolute Gasteiger partial charge is 0.311 e. The van der Waals surface area contributed by atoms with Crippen LogP contribution in [0.25, 0.3) is 0 Å². The van der Waals surface area contributed by atoms with Crippen molar-refractivity contribution in [3.8, 4) is 0 Å². The van der Waals surface area contributed by atoms with Crippen LogP contribution in [0.1, 0.15) is 44.0 Å². The van der Waals surface area contributed by atoms with E-state index < -0.39 is 0 Å². The zero-order valence-electron chi connectivity index (χ0n) is 11.8. The number of aromatic nitrogens is 2. The van der Waals surface area contributed by atoms with E-state index >= 15 is 0 Å². The summed E-state index contributed by atoms with van der Waals surface area (Å²) in [4.78, 5) is 0. The Morgan fingerprint density at radius 1 is 1.37 bits per heavy atom. The summed E-state index contributed by atoms with van der Waals surface area (Å²) in [5.74, 6) is 0.750. The summed E-state index contributed by atoms with van der Waals surface area (Å²) < 4.78 is 1.98. The van der Waals surface area contributed by atoms with Gasteiger partial charge in [-0.3, -0.25) is 4.68 Å². The van der Waals surface area contributed by atoms with Gasteiger partial charge in [-0.2, -0.15) is 5.10 Å². The monoisotopic (exact) mass is 303 g/mol. The minimum Gasteiger partial charge on any atom is -0.311 e. The number of alkyl halides is 1. The summed E-state index contributed by atoms with van der Waals surface area (Å²) >= 11 is 12.5. The molecule has 0 bridgehead atoms. The van der Waals surface area contributed by atoms with Crippen LogP contribution in [0.4, 0.5) is 0 Å². The molecule has 0 aromatic carbocycles. The van der Waals surface area contributed by atoms with E-state index in [9.17, 15) is 0 Å². The molecule has 1 heterocycles. The van der Waals surface area contributed by atoms with Crippen molar-refractivity contribution in [3.63, 3.8) is 0 Å². The standard InChI is InChI=1S/C14H23Cl2N3/c1-3-19-12(13(16)11(2)18-19)8-17-10-14(9-15)6-4-5-7-14/h17H,3-10H2,1-2H3. The fraction of sp³-hybridized carbons (Fsp3) is 0.786. The SMILES string of the molecule is CCn1nc(C)c(Cl)c1CNCC1(CCl)CCCC1. The van der Waals surface area contributed by atoms with Crippen molar-refractivity contribution in [3.05, 3.63) is 16.4 Å². The molecule has 1 aliphatic rings. The number of aryl methyl sites for hydroxylation is 2. The Morgan fingerprint density at radius 2 is 2.05 bits per heavy atom. The molecule has 108 valence electrons. The summed E-state index contributed by atoms with van der Waals surface area (Å²) in [6.45, 7) is 6.64. The number of hydrogen-bond acceptors (Lipinski definition) is 2. The first-order valence-electron chi connectivity index (χ1n) is 7.10. The summed E-state index contributed by atoms with van der Waals surface area (Å²) in [5, 5.41) is 8.76. The third kappa shape index (κ3) is 3.26. The molecule has 1 fully saturated rings. The Morgan fingerprint density at radius 3 is 2.63 bits per heavy atom. The fourth-order valence-electron chi connectivity index (χ4n) is 2.97. The van der Waals surface area contributed by atoms with Gasteiger partial charge in [0.2, 0.25) is 0 Å². The summed E-state index contributed by atoms with van der Waals surface area (Å²) in [5.41, 5.74) is 2.29. The van der Waals surface area contributed by atoms with Crippen LogP contribution < -0.4 is 5.32 Å². The van der Waals surface area contributed by atoms with Crippen LogP contribution in [0.5, 0.6) is 0 Å². The predicted molar refractivity (Wildman–Crippen MR) is 81.0 cm³/mol. The zero-order chi connectivity index (χ0) is 13.9. The number of nitrogens with one attached hydrogen (secondary N) is 1. The third-order valence-electron chi connectivity index (χ3n) is 4.19. The van der Waals surface area contributed by atoms with Crippen molar-refractivity contribution in [2.24, 2.45) is 5.41 Å². The first kappa shape index (κ1) is 15.1. The minimum absolute atomic E-state index is 0.292. The lowest BCUT2D eigenvalue weighted by Gasteiger charge is -2.26. The van der Waals surface area contributed by atoms with Gasteiger partial charge in [0, 0.05) is 25.5 Å². The number of rotatable bonds is 6. The van der Waals surface area contributed by atoms with Crippen molar-refractivity contribution in [2.75, 3.05) is 12.4 Å². The normalized spacial score (nSPS) is 18.1. The van der Waals surface area contributed by atoms with Crippen molar-refractivity contribution in [1.82, 2.24) is 15.1 Å². The van der Waals surface area contributed by atoms with Gasteiger partial charge in [0.1, 0.15) is 0 Å².